The molecule has 0 N–H and O–H groups in total. The summed E-state index contributed by atoms with van der Waals surface area (Å²) in [4.78, 5) is 25.9. The van der Waals surface area contributed by atoms with E-state index in [1.54, 1.807) is 29.6 Å². The van der Waals surface area contributed by atoms with E-state index in [1.165, 1.54) is 0 Å². The van der Waals surface area contributed by atoms with Crippen LogP contribution in [0.25, 0.3) is 0 Å². The highest BCUT2D eigenvalue weighted by Gasteiger charge is 2.33. The molecule has 9 heteroatoms. The fourth-order valence-corrected chi connectivity index (χ4v) is 3.06. The number of aromatic nitrogens is 4. The van der Waals surface area contributed by atoms with Crippen LogP contribution in [0.15, 0.2) is 23.4 Å². The molecule has 3 rings (SSSR count). The van der Waals surface area contributed by atoms with Crippen molar-refractivity contribution in [3.8, 4) is 0 Å². The van der Waals surface area contributed by atoms with Gasteiger partial charge in [-0.25, -0.2) is 15.0 Å². The lowest BCUT2D eigenvalue weighted by atomic mass is 9.97. The second kappa shape index (κ2) is 7.05. The Morgan fingerprint density at radius 1 is 1.19 bits per heavy atom. The second-order valence-corrected chi connectivity index (χ2v) is 6.58. The Bertz CT molecular complexity index is 841. The van der Waals surface area contributed by atoms with E-state index in [-0.39, 0.29) is 17.4 Å². The number of halogens is 3. The van der Waals surface area contributed by atoms with Crippen LogP contribution in [0.1, 0.15) is 29.8 Å². The molecule has 140 valence electrons. The molecule has 0 spiro atoms. The Kier molecular flexibility index (Phi) is 4.97. The number of nitrogens with zero attached hydrogens (tertiary/aromatic N) is 5. The molecule has 1 aliphatic heterocycles. The van der Waals surface area contributed by atoms with Crippen LogP contribution in [0.2, 0.25) is 0 Å². The Morgan fingerprint density at radius 2 is 1.88 bits per heavy atom. The van der Waals surface area contributed by atoms with Crippen molar-refractivity contribution in [3.63, 3.8) is 0 Å². The molecule has 1 saturated heterocycles. The fraction of sp³-hybridized carbons (Fsp3) is 0.529. The molecule has 0 unspecified atom stereocenters. The molecule has 2 aromatic rings. The Labute approximate surface area is 148 Å². The number of hydrogen-bond acceptors (Lipinski definition) is 5. The molecule has 0 aliphatic carbocycles. The third kappa shape index (κ3) is 3.86. The van der Waals surface area contributed by atoms with Crippen LogP contribution in [0.5, 0.6) is 0 Å². The van der Waals surface area contributed by atoms with Crippen molar-refractivity contribution in [2.24, 2.45) is 5.92 Å². The quantitative estimate of drug-likeness (QED) is 0.834. The van der Waals surface area contributed by atoms with Gasteiger partial charge in [-0.2, -0.15) is 13.2 Å². The molecular weight excluding hydrogens is 347 g/mol. The van der Waals surface area contributed by atoms with Crippen LogP contribution in [-0.2, 0) is 12.7 Å². The van der Waals surface area contributed by atoms with E-state index >= 15 is 0 Å². The van der Waals surface area contributed by atoms with E-state index in [0.29, 0.717) is 25.2 Å². The lowest BCUT2D eigenvalue weighted by molar-refractivity contribution is -0.141. The normalized spacial score (nSPS) is 16.1. The number of hydrogen-bond donors (Lipinski definition) is 0. The summed E-state index contributed by atoms with van der Waals surface area (Å²) in [7, 11) is 0. The molecule has 0 saturated carbocycles. The van der Waals surface area contributed by atoms with Gasteiger partial charge in [0.25, 0.3) is 5.56 Å². The maximum absolute atomic E-state index is 12.8. The first-order valence-corrected chi connectivity index (χ1v) is 8.43. The topological polar surface area (TPSA) is 63.9 Å². The standard InChI is InChI=1S/C17H20F3N5O/c1-11-12(2)22-10-25(15(11)26)9-13-4-7-24(8-5-13)16-21-6-3-14(23-16)17(18,19)20/h3,6,10,13H,4-5,7-9H2,1-2H3. The summed E-state index contributed by atoms with van der Waals surface area (Å²) in [6, 6.07) is 0.870. The fourth-order valence-electron chi connectivity index (χ4n) is 3.06. The third-order valence-corrected chi connectivity index (χ3v) is 4.80. The van der Waals surface area contributed by atoms with E-state index in [0.717, 1.165) is 30.8 Å². The maximum atomic E-state index is 12.8. The molecule has 2 aromatic heterocycles. The smallest absolute Gasteiger partial charge is 0.341 e. The molecule has 0 radical (unpaired) electrons. The summed E-state index contributed by atoms with van der Waals surface area (Å²) in [6.45, 7) is 5.23. The highest BCUT2D eigenvalue weighted by molar-refractivity contribution is 5.31. The summed E-state index contributed by atoms with van der Waals surface area (Å²) in [5, 5.41) is 0. The molecule has 6 nitrogen and oxygen atoms in total. The number of alkyl halides is 3. The summed E-state index contributed by atoms with van der Waals surface area (Å²) < 4.78 is 40.0. The first-order valence-electron chi connectivity index (χ1n) is 8.43. The van der Waals surface area contributed by atoms with Gasteiger partial charge < -0.3 is 4.90 Å². The SMILES string of the molecule is Cc1ncn(CC2CCN(c3nccc(C(F)(F)F)n3)CC2)c(=O)c1C. The molecular formula is C17H20F3N5O. The average molecular weight is 367 g/mol. The second-order valence-electron chi connectivity index (χ2n) is 6.58. The highest BCUT2D eigenvalue weighted by Crippen LogP contribution is 2.29. The molecule has 26 heavy (non-hydrogen) atoms. The first-order chi connectivity index (χ1) is 12.3. The van der Waals surface area contributed by atoms with Crippen LogP contribution in [0.3, 0.4) is 0 Å². The minimum atomic E-state index is -4.48. The molecule has 0 atom stereocenters. The molecule has 0 aromatic carbocycles. The van der Waals surface area contributed by atoms with Crippen LogP contribution < -0.4 is 10.5 Å². The first kappa shape index (κ1) is 18.3. The summed E-state index contributed by atoms with van der Waals surface area (Å²) in [6.07, 6.45) is -0.282. The zero-order chi connectivity index (χ0) is 18.9. The summed E-state index contributed by atoms with van der Waals surface area (Å²) >= 11 is 0. The number of aryl methyl sites for hydroxylation is 1. The van der Waals surface area contributed by atoms with Gasteiger partial charge in [0, 0.05) is 37.1 Å². The van der Waals surface area contributed by atoms with Crippen molar-refractivity contribution in [3.05, 3.63) is 45.9 Å². The van der Waals surface area contributed by atoms with E-state index in [4.69, 9.17) is 0 Å². The maximum Gasteiger partial charge on any atom is 0.433 e. The zero-order valence-corrected chi connectivity index (χ0v) is 14.6. The van der Waals surface area contributed by atoms with Gasteiger partial charge in [0.1, 0.15) is 5.69 Å². The van der Waals surface area contributed by atoms with E-state index in [2.05, 4.69) is 15.0 Å². The number of rotatable bonds is 3. The average Bonchev–Trinajstić information content (AvgIpc) is 2.62. The van der Waals surface area contributed by atoms with Gasteiger partial charge in [0.15, 0.2) is 0 Å². The summed E-state index contributed by atoms with van der Waals surface area (Å²) in [5.41, 5.74) is 0.392. The minimum Gasteiger partial charge on any atom is -0.341 e. The van der Waals surface area contributed by atoms with Gasteiger partial charge in [-0.15, -0.1) is 0 Å². The molecule has 0 bridgehead atoms. The molecule has 0 amide bonds. The predicted octanol–water partition coefficient (Wildman–Crippen LogP) is 2.59. The minimum absolute atomic E-state index is 0.0406. The number of anilines is 1. The van der Waals surface area contributed by atoms with Crippen molar-refractivity contribution < 1.29 is 13.2 Å². The van der Waals surface area contributed by atoms with Crippen LogP contribution in [0.4, 0.5) is 19.1 Å². The van der Waals surface area contributed by atoms with Crippen LogP contribution in [-0.4, -0.2) is 32.6 Å². The van der Waals surface area contributed by atoms with E-state index < -0.39 is 11.9 Å². The highest BCUT2D eigenvalue weighted by atomic mass is 19.4. The van der Waals surface area contributed by atoms with Crippen LogP contribution >= 0.6 is 0 Å². The van der Waals surface area contributed by atoms with Gasteiger partial charge in [0.05, 0.1) is 6.33 Å². The predicted molar refractivity (Wildman–Crippen MR) is 89.9 cm³/mol. The van der Waals surface area contributed by atoms with Gasteiger partial charge in [0.2, 0.25) is 5.95 Å². The van der Waals surface area contributed by atoms with Gasteiger partial charge in [-0.05, 0) is 38.7 Å². The Hall–Kier alpha value is -2.45. The Morgan fingerprint density at radius 3 is 2.54 bits per heavy atom. The van der Waals surface area contributed by atoms with Crippen molar-refractivity contribution >= 4 is 5.95 Å². The van der Waals surface area contributed by atoms with Crippen molar-refractivity contribution in [1.29, 1.82) is 0 Å². The van der Waals surface area contributed by atoms with Crippen molar-refractivity contribution in [1.82, 2.24) is 19.5 Å². The lowest BCUT2D eigenvalue weighted by Crippen LogP contribution is -2.37. The van der Waals surface area contributed by atoms with Gasteiger partial charge in [-0.3, -0.25) is 9.36 Å². The lowest BCUT2D eigenvalue weighted by Gasteiger charge is -2.32. The van der Waals surface area contributed by atoms with Gasteiger partial charge in [-0.1, -0.05) is 0 Å². The monoisotopic (exact) mass is 367 g/mol. The van der Waals surface area contributed by atoms with Crippen LogP contribution in [0, 0.1) is 19.8 Å². The molecule has 3 heterocycles. The third-order valence-electron chi connectivity index (χ3n) is 4.80. The largest absolute Gasteiger partial charge is 0.433 e. The number of piperidine rings is 1. The molecule has 1 aliphatic rings. The Balaban J connectivity index is 1.65. The van der Waals surface area contributed by atoms with Gasteiger partial charge >= 0.3 is 6.18 Å². The van der Waals surface area contributed by atoms with Crippen molar-refractivity contribution in [2.45, 2.75) is 39.4 Å². The van der Waals surface area contributed by atoms with E-state index in [9.17, 15) is 18.0 Å². The van der Waals surface area contributed by atoms with Crippen molar-refractivity contribution in [2.75, 3.05) is 18.0 Å². The van der Waals surface area contributed by atoms with E-state index in [1.807, 2.05) is 0 Å². The summed E-state index contributed by atoms with van der Waals surface area (Å²) in [5.74, 6) is 0.363. The molecule has 1 fully saturated rings. The zero-order valence-electron chi connectivity index (χ0n) is 14.6.